The maximum atomic E-state index is 7.37. The van der Waals surface area contributed by atoms with Crippen molar-refractivity contribution in [2.45, 2.75) is 17.0 Å². The van der Waals surface area contributed by atoms with Crippen LogP contribution in [0.5, 0.6) is 0 Å². The molecule has 18 heavy (non-hydrogen) atoms. The summed E-state index contributed by atoms with van der Waals surface area (Å²) in [6, 6.07) is 5.52. The maximum Gasteiger partial charge on any atom is 0.192 e. The summed E-state index contributed by atoms with van der Waals surface area (Å²) < 4.78 is 0.879. The lowest BCUT2D eigenvalue weighted by Gasteiger charge is -2.05. The maximum absolute atomic E-state index is 7.37. The van der Waals surface area contributed by atoms with Crippen molar-refractivity contribution >= 4 is 33.5 Å². The van der Waals surface area contributed by atoms with E-state index in [1.807, 2.05) is 25.1 Å². The minimum absolute atomic E-state index is 0.0545. The van der Waals surface area contributed by atoms with Gasteiger partial charge >= 0.3 is 0 Å². The number of nitrogen functional groups attached to an aromatic ring is 1. The Labute approximate surface area is 118 Å². The van der Waals surface area contributed by atoms with Crippen molar-refractivity contribution in [3.8, 4) is 0 Å². The molecule has 0 spiro atoms. The van der Waals surface area contributed by atoms with Gasteiger partial charge in [-0.2, -0.15) is 0 Å². The van der Waals surface area contributed by atoms with Crippen molar-refractivity contribution in [2.24, 2.45) is 5.73 Å². The number of rotatable bonds is 3. The van der Waals surface area contributed by atoms with Crippen molar-refractivity contribution in [3.63, 3.8) is 0 Å². The summed E-state index contributed by atoms with van der Waals surface area (Å²) in [6.07, 6.45) is 3.57. The highest BCUT2D eigenvalue weighted by atomic mass is 79.9. The summed E-state index contributed by atoms with van der Waals surface area (Å²) in [5, 5.41) is 8.06. The normalized spacial score (nSPS) is 10.3. The van der Waals surface area contributed by atoms with Gasteiger partial charge in [0, 0.05) is 27.3 Å². The smallest absolute Gasteiger partial charge is 0.192 e. The van der Waals surface area contributed by atoms with Crippen molar-refractivity contribution in [1.82, 2.24) is 9.97 Å². The second kappa shape index (κ2) is 5.49. The van der Waals surface area contributed by atoms with Crippen molar-refractivity contribution < 1.29 is 0 Å². The van der Waals surface area contributed by atoms with E-state index in [2.05, 4.69) is 25.9 Å². The van der Waals surface area contributed by atoms with E-state index in [0.717, 1.165) is 14.9 Å². The minimum atomic E-state index is 0.0545. The molecule has 92 valence electrons. The SMILES string of the molecule is Cc1cnc(Sc2ccc(C(=N)N)cc2Br)nc1. The number of hydrogen-bond acceptors (Lipinski definition) is 4. The number of benzene rings is 1. The van der Waals surface area contributed by atoms with Crippen LogP contribution in [0.3, 0.4) is 0 Å². The molecule has 0 radical (unpaired) electrons. The molecular weight excluding hydrogens is 312 g/mol. The number of nitrogens with zero attached hydrogens (tertiary/aromatic N) is 2. The third-order valence-corrected chi connectivity index (χ3v) is 4.09. The Balaban J connectivity index is 2.24. The van der Waals surface area contributed by atoms with Gasteiger partial charge in [0.2, 0.25) is 0 Å². The summed E-state index contributed by atoms with van der Waals surface area (Å²) in [5.74, 6) is 0.0545. The molecule has 3 N–H and O–H groups in total. The van der Waals surface area contributed by atoms with Crippen LogP contribution < -0.4 is 5.73 Å². The van der Waals surface area contributed by atoms with Crippen LogP contribution in [0.2, 0.25) is 0 Å². The first-order chi connectivity index (χ1) is 8.56. The molecule has 4 nitrogen and oxygen atoms in total. The van der Waals surface area contributed by atoms with E-state index in [9.17, 15) is 0 Å². The van der Waals surface area contributed by atoms with Gasteiger partial charge in [0.15, 0.2) is 5.16 Å². The molecule has 1 aromatic heterocycles. The predicted octanol–water partition coefficient (Wildman–Crippen LogP) is 2.98. The number of aryl methyl sites for hydroxylation is 1. The zero-order chi connectivity index (χ0) is 13.1. The molecule has 2 rings (SSSR count). The molecule has 0 aliphatic rings. The van der Waals surface area contributed by atoms with Crippen LogP contribution in [-0.4, -0.2) is 15.8 Å². The Morgan fingerprint density at radius 2 is 2.00 bits per heavy atom. The quantitative estimate of drug-likeness (QED) is 0.517. The first-order valence-electron chi connectivity index (χ1n) is 5.16. The number of aromatic nitrogens is 2. The molecular formula is C12H11BrN4S. The Kier molecular flexibility index (Phi) is 3.98. The molecule has 0 aliphatic heterocycles. The number of hydrogen-bond donors (Lipinski definition) is 2. The lowest BCUT2D eigenvalue weighted by atomic mass is 10.2. The number of halogens is 1. The molecule has 2 aromatic rings. The van der Waals surface area contributed by atoms with E-state index in [-0.39, 0.29) is 5.84 Å². The van der Waals surface area contributed by atoms with Crippen LogP contribution in [0.25, 0.3) is 0 Å². The zero-order valence-corrected chi connectivity index (χ0v) is 12.0. The molecule has 6 heteroatoms. The molecule has 0 bridgehead atoms. The standard InChI is InChI=1S/C12H11BrN4S/c1-7-5-16-12(17-6-7)18-10-3-2-8(11(14)15)4-9(10)13/h2-6H,1H3,(H3,14,15). The van der Waals surface area contributed by atoms with E-state index in [4.69, 9.17) is 11.1 Å². The molecule has 0 atom stereocenters. The third kappa shape index (κ3) is 3.08. The molecule has 0 amide bonds. The van der Waals surface area contributed by atoms with Gasteiger partial charge in [-0.25, -0.2) is 9.97 Å². The zero-order valence-electron chi connectivity index (χ0n) is 9.64. The van der Waals surface area contributed by atoms with Gasteiger partial charge < -0.3 is 5.73 Å². The fraction of sp³-hybridized carbons (Fsp3) is 0.0833. The van der Waals surface area contributed by atoms with E-state index in [1.54, 1.807) is 12.4 Å². The Morgan fingerprint density at radius 3 is 2.56 bits per heavy atom. The summed E-state index contributed by atoms with van der Waals surface area (Å²) in [5.41, 5.74) is 7.16. The van der Waals surface area contributed by atoms with E-state index in [0.29, 0.717) is 10.7 Å². The van der Waals surface area contributed by atoms with E-state index >= 15 is 0 Å². The van der Waals surface area contributed by atoms with Crippen LogP contribution in [0.4, 0.5) is 0 Å². The summed E-state index contributed by atoms with van der Waals surface area (Å²) in [6.45, 7) is 1.95. The van der Waals surface area contributed by atoms with Gasteiger partial charge in [0.25, 0.3) is 0 Å². The molecule has 0 fully saturated rings. The van der Waals surface area contributed by atoms with Crippen LogP contribution >= 0.6 is 27.7 Å². The first kappa shape index (κ1) is 13.0. The number of amidine groups is 1. The highest BCUT2D eigenvalue weighted by molar-refractivity contribution is 9.10. The average Bonchev–Trinajstić information content (AvgIpc) is 2.34. The lowest BCUT2D eigenvalue weighted by Crippen LogP contribution is -2.10. The van der Waals surface area contributed by atoms with Crippen LogP contribution in [0, 0.1) is 12.3 Å². The van der Waals surface area contributed by atoms with Crippen LogP contribution in [0.1, 0.15) is 11.1 Å². The summed E-state index contributed by atoms with van der Waals surface area (Å²) in [7, 11) is 0. The molecule has 1 aromatic carbocycles. The summed E-state index contributed by atoms with van der Waals surface area (Å²) in [4.78, 5) is 9.46. The Morgan fingerprint density at radius 1 is 1.33 bits per heavy atom. The monoisotopic (exact) mass is 322 g/mol. The molecule has 0 saturated heterocycles. The lowest BCUT2D eigenvalue weighted by molar-refractivity contribution is 0.949. The third-order valence-electron chi connectivity index (χ3n) is 2.20. The molecule has 0 unspecified atom stereocenters. The van der Waals surface area contributed by atoms with Gasteiger partial charge in [0.05, 0.1) is 0 Å². The fourth-order valence-corrected chi connectivity index (χ4v) is 2.60. The van der Waals surface area contributed by atoms with Gasteiger partial charge in [-0.15, -0.1) is 0 Å². The van der Waals surface area contributed by atoms with Crippen LogP contribution in [-0.2, 0) is 0 Å². The van der Waals surface area contributed by atoms with Gasteiger partial charge in [-0.3, -0.25) is 5.41 Å². The fourth-order valence-electron chi connectivity index (χ4n) is 1.28. The Hall–Kier alpha value is -1.40. The van der Waals surface area contributed by atoms with Gasteiger partial charge in [0.1, 0.15) is 5.84 Å². The molecule has 0 aliphatic carbocycles. The molecule has 0 saturated carbocycles. The topological polar surface area (TPSA) is 75.7 Å². The largest absolute Gasteiger partial charge is 0.384 e. The summed E-state index contributed by atoms with van der Waals surface area (Å²) >= 11 is 4.92. The first-order valence-corrected chi connectivity index (χ1v) is 6.77. The molecule has 1 heterocycles. The second-order valence-electron chi connectivity index (χ2n) is 3.70. The van der Waals surface area contributed by atoms with Crippen molar-refractivity contribution in [1.29, 1.82) is 5.41 Å². The van der Waals surface area contributed by atoms with Crippen LogP contribution in [0.15, 0.2) is 45.1 Å². The van der Waals surface area contributed by atoms with Crippen molar-refractivity contribution in [3.05, 3.63) is 46.2 Å². The minimum Gasteiger partial charge on any atom is -0.384 e. The average molecular weight is 323 g/mol. The highest BCUT2D eigenvalue weighted by Crippen LogP contribution is 2.31. The van der Waals surface area contributed by atoms with Crippen molar-refractivity contribution in [2.75, 3.05) is 0 Å². The van der Waals surface area contributed by atoms with E-state index in [1.165, 1.54) is 11.8 Å². The highest BCUT2D eigenvalue weighted by Gasteiger charge is 2.06. The van der Waals surface area contributed by atoms with E-state index < -0.39 is 0 Å². The Bertz CT molecular complexity index is 583. The second-order valence-corrected chi connectivity index (χ2v) is 5.57. The van der Waals surface area contributed by atoms with Gasteiger partial charge in [-0.1, -0.05) is 6.07 Å². The predicted molar refractivity (Wildman–Crippen MR) is 76.1 cm³/mol. The number of nitrogens with two attached hydrogens (primary N) is 1. The number of nitrogens with one attached hydrogen (secondary N) is 1. The van der Waals surface area contributed by atoms with Gasteiger partial charge in [-0.05, 0) is 52.3 Å².